The molecule has 1 heterocycles. The minimum atomic E-state index is -2.40. The number of rotatable bonds is 14. The third kappa shape index (κ3) is 6.51. The van der Waals surface area contributed by atoms with Gasteiger partial charge in [0.25, 0.3) is 0 Å². The topological polar surface area (TPSA) is 0 Å². The summed E-state index contributed by atoms with van der Waals surface area (Å²) in [5.41, 5.74) is 3.09. The van der Waals surface area contributed by atoms with Crippen LogP contribution in [-0.4, -0.2) is 13.3 Å². The van der Waals surface area contributed by atoms with E-state index in [9.17, 15) is 0 Å². The van der Waals surface area contributed by atoms with E-state index in [4.69, 9.17) is 0 Å². The molecule has 0 atom stereocenters. The van der Waals surface area contributed by atoms with Gasteiger partial charge in [0.1, 0.15) is 0 Å². The van der Waals surface area contributed by atoms with Gasteiger partial charge in [-0.05, 0) is 0 Å². The van der Waals surface area contributed by atoms with Crippen LogP contribution in [0.5, 0.6) is 0 Å². The van der Waals surface area contributed by atoms with Gasteiger partial charge >= 0.3 is 212 Å². The van der Waals surface area contributed by atoms with Crippen molar-refractivity contribution in [2.24, 2.45) is 0 Å². The minimum absolute atomic E-state index is 1.26. The maximum absolute atomic E-state index is 3.82. The van der Waals surface area contributed by atoms with E-state index in [1.807, 2.05) is 0 Å². The third-order valence-corrected chi connectivity index (χ3v) is 19.3. The maximum atomic E-state index is 3.82. The Balaban J connectivity index is 1.85. The van der Waals surface area contributed by atoms with E-state index in [-0.39, 0.29) is 0 Å². The zero-order valence-corrected chi connectivity index (χ0v) is 24.9. The molecule has 0 fully saturated rings. The average molecular weight is 609 g/mol. The van der Waals surface area contributed by atoms with E-state index in [0.29, 0.717) is 0 Å². The predicted octanol–water partition coefficient (Wildman–Crippen LogP) is 9.48. The molecule has 0 aliphatic carbocycles. The van der Waals surface area contributed by atoms with E-state index in [0.717, 1.165) is 0 Å². The van der Waals surface area contributed by atoms with Crippen molar-refractivity contribution in [3.63, 3.8) is 0 Å². The van der Waals surface area contributed by atoms with Gasteiger partial charge in [0.05, 0.1) is 0 Å². The first-order valence-corrected chi connectivity index (χ1v) is 19.4. The summed E-state index contributed by atoms with van der Waals surface area (Å²) in [6.45, 7) is 4.62. The van der Waals surface area contributed by atoms with E-state index >= 15 is 0 Å². The molecule has 2 aromatic carbocycles. The van der Waals surface area contributed by atoms with Gasteiger partial charge in [0.2, 0.25) is 0 Å². The molecule has 0 saturated carbocycles. The molecule has 0 radical (unpaired) electrons. The van der Waals surface area contributed by atoms with Crippen LogP contribution in [0.1, 0.15) is 90.9 Å². The summed E-state index contributed by atoms with van der Waals surface area (Å²) < 4.78 is 6.03. The van der Waals surface area contributed by atoms with Gasteiger partial charge in [0.15, 0.2) is 0 Å². The molecule has 0 aromatic heterocycles. The third-order valence-electron chi connectivity index (χ3n) is 7.20. The number of hydrogen-bond acceptors (Lipinski definition) is 0. The van der Waals surface area contributed by atoms with Gasteiger partial charge in [-0.15, -0.1) is 0 Å². The number of hydrogen-bond donors (Lipinski definition) is 0. The van der Waals surface area contributed by atoms with Crippen molar-refractivity contribution in [3.8, 4) is 11.1 Å². The molecule has 1 aliphatic heterocycles. The Bertz CT molecular complexity index is 760. The molecule has 170 valence electrons. The predicted molar refractivity (Wildman–Crippen MR) is 149 cm³/mol. The summed E-state index contributed by atoms with van der Waals surface area (Å²) in [6.07, 6.45) is 16.8. The Morgan fingerprint density at radius 3 is 1.35 bits per heavy atom. The fourth-order valence-electron chi connectivity index (χ4n) is 5.52. The molecule has 0 bridgehead atoms. The zero-order valence-electron chi connectivity index (χ0n) is 19.6. The van der Waals surface area contributed by atoms with Crippen LogP contribution >= 0.6 is 31.9 Å². The van der Waals surface area contributed by atoms with Crippen LogP contribution < -0.4 is 8.79 Å². The summed E-state index contributed by atoms with van der Waals surface area (Å²) in [6, 6.07) is 14.3. The second-order valence-electron chi connectivity index (χ2n) is 9.50. The fourth-order valence-corrected chi connectivity index (χ4v) is 19.0. The first-order chi connectivity index (χ1) is 15.1. The quantitative estimate of drug-likeness (QED) is 0.148. The Morgan fingerprint density at radius 1 is 0.548 bits per heavy atom. The molecular formula is C28H40Br2Ge. The summed E-state index contributed by atoms with van der Waals surface area (Å²) in [4.78, 5) is 0. The van der Waals surface area contributed by atoms with Crippen molar-refractivity contribution < 1.29 is 0 Å². The Labute approximate surface area is 210 Å². The van der Waals surface area contributed by atoms with Crippen LogP contribution in [0.25, 0.3) is 11.1 Å². The first kappa shape index (κ1) is 25.6. The molecular weight excluding hydrogens is 569 g/mol. The molecule has 2 aromatic rings. The summed E-state index contributed by atoms with van der Waals surface area (Å²) >= 11 is 5.23. The van der Waals surface area contributed by atoms with Crippen LogP contribution in [0.15, 0.2) is 45.3 Å². The average Bonchev–Trinajstić information content (AvgIpc) is 3.02. The van der Waals surface area contributed by atoms with Gasteiger partial charge < -0.3 is 0 Å². The van der Waals surface area contributed by atoms with Gasteiger partial charge in [-0.25, -0.2) is 0 Å². The second-order valence-corrected chi connectivity index (χ2v) is 20.2. The molecule has 1 aliphatic rings. The van der Waals surface area contributed by atoms with Crippen molar-refractivity contribution in [2.75, 3.05) is 0 Å². The van der Waals surface area contributed by atoms with Gasteiger partial charge in [-0.2, -0.15) is 0 Å². The molecule has 31 heavy (non-hydrogen) atoms. The molecule has 3 heteroatoms. The monoisotopic (exact) mass is 608 g/mol. The van der Waals surface area contributed by atoms with Crippen LogP contribution in [-0.2, 0) is 0 Å². The van der Waals surface area contributed by atoms with E-state index in [1.165, 1.54) is 96.5 Å². The molecule has 0 spiro atoms. The molecule has 3 rings (SSSR count). The van der Waals surface area contributed by atoms with E-state index < -0.39 is 13.3 Å². The molecule has 0 saturated heterocycles. The summed E-state index contributed by atoms with van der Waals surface area (Å²) in [5.74, 6) is 0. The number of halogens is 2. The number of benzene rings is 2. The Morgan fingerprint density at radius 2 is 0.935 bits per heavy atom. The van der Waals surface area contributed by atoms with Crippen molar-refractivity contribution in [3.05, 3.63) is 45.3 Å². The van der Waals surface area contributed by atoms with Crippen molar-refractivity contribution in [1.82, 2.24) is 0 Å². The zero-order chi connectivity index (χ0) is 22.1. The van der Waals surface area contributed by atoms with Gasteiger partial charge in [-0.1, -0.05) is 0 Å². The summed E-state index contributed by atoms with van der Waals surface area (Å²) in [5, 5.41) is 2.93. The van der Waals surface area contributed by atoms with E-state index in [1.54, 1.807) is 19.9 Å². The number of fused-ring (bicyclic) bond motifs is 3. The summed E-state index contributed by atoms with van der Waals surface area (Å²) in [7, 11) is 0. The van der Waals surface area contributed by atoms with Crippen LogP contribution in [0.4, 0.5) is 0 Å². The molecule has 0 amide bonds. The standard InChI is InChI=1S/C28H40Br2Ge/c1-3-5-7-9-11-13-19-31(20-14-12-10-8-6-4-2)27-21-23(29)15-17-25(27)26-18-16-24(30)22-28(26)31/h15-18,21-22H,3-14,19-20H2,1-2H3. The van der Waals surface area contributed by atoms with Gasteiger partial charge in [-0.3, -0.25) is 0 Å². The fraction of sp³-hybridized carbons (Fsp3) is 0.571. The molecule has 0 nitrogen and oxygen atoms in total. The Kier molecular flexibility index (Phi) is 10.7. The second kappa shape index (κ2) is 13.0. The van der Waals surface area contributed by atoms with Crippen LogP contribution in [0, 0.1) is 0 Å². The van der Waals surface area contributed by atoms with Crippen LogP contribution in [0.3, 0.4) is 0 Å². The van der Waals surface area contributed by atoms with Crippen LogP contribution in [0.2, 0.25) is 10.5 Å². The Hall–Kier alpha value is -0.0571. The molecule has 0 N–H and O–H groups in total. The van der Waals surface area contributed by atoms with Gasteiger partial charge in [0, 0.05) is 0 Å². The SMILES string of the molecule is CCCCCCC[CH2][Ge]1([CH2]CCCCCCC)[c]2cc(Br)ccc2-c2ccc(Br)c[c]21. The normalized spacial score (nSPS) is 13.9. The van der Waals surface area contributed by atoms with E-state index in [2.05, 4.69) is 82.1 Å². The van der Waals surface area contributed by atoms with Crippen molar-refractivity contribution >= 4 is 53.9 Å². The van der Waals surface area contributed by atoms with Crippen molar-refractivity contribution in [2.45, 2.75) is 101 Å². The number of unbranched alkanes of at least 4 members (excludes halogenated alkanes) is 10. The molecule has 0 unspecified atom stereocenters. The van der Waals surface area contributed by atoms with Crippen molar-refractivity contribution in [1.29, 1.82) is 0 Å². The first-order valence-electron chi connectivity index (χ1n) is 12.7.